The molecule has 1 amide bonds. The molecule has 0 fully saturated rings. The summed E-state index contributed by atoms with van der Waals surface area (Å²) in [6.07, 6.45) is 5.73. The van der Waals surface area contributed by atoms with Gasteiger partial charge >= 0.3 is 0 Å². The summed E-state index contributed by atoms with van der Waals surface area (Å²) in [5.41, 5.74) is 6.18. The summed E-state index contributed by atoms with van der Waals surface area (Å²) in [6, 6.07) is 13.9. The van der Waals surface area contributed by atoms with Crippen molar-refractivity contribution < 1.29 is 14.3 Å². The number of carbonyl (C=O) groups excluding carboxylic acids is 1. The molecule has 0 radical (unpaired) electrons. The third-order valence-electron chi connectivity index (χ3n) is 6.16. The Hall–Kier alpha value is -4.53. The lowest BCUT2D eigenvalue weighted by molar-refractivity contribution is 0.0944. The fraction of sp³-hybridized carbons (Fsp3) is 0.250. The summed E-state index contributed by atoms with van der Waals surface area (Å²) in [7, 11) is 1.62. The van der Waals surface area contributed by atoms with Crippen molar-refractivity contribution in [1.29, 1.82) is 0 Å². The van der Waals surface area contributed by atoms with Crippen molar-refractivity contribution in [2.75, 3.05) is 18.6 Å². The monoisotopic (exact) mass is 496 g/mol. The topological polar surface area (TPSA) is 102 Å². The Bertz CT molecular complexity index is 1410. The first-order valence-electron chi connectivity index (χ1n) is 12.1. The van der Waals surface area contributed by atoms with Crippen molar-refractivity contribution in [2.24, 2.45) is 0 Å². The molecule has 5 rings (SSSR count). The molecule has 0 aliphatic carbocycles. The van der Waals surface area contributed by atoms with Crippen LogP contribution in [0.1, 0.15) is 38.4 Å². The third kappa shape index (κ3) is 5.50. The predicted molar refractivity (Wildman–Crippen MR) is 139 cm³/mol. The molecular weight excluding hydrogens is 468 g/mol. The Balaban J connectivity index is 1.40. The Kier molecular flexibility index (Phi) is 6.93. The van der Waals surface area contributed by atoms with E-state index in [4.69, 9.17) is 14.5 Å². The molecule has 9 heteroatoms. The molecule has 3 heterocycles. The molecular formula is C28H28N6O3. The van der Waals surface area contributed by atoms with Gasteiger partial charge in [-0.3, -0.25) is 14.8 Å². The van der Waals surface area contributed by atoms with Crippen molar-refractivity contribution >= 4 is 17.5 Å². The summed E-state index contributed by atoms with van der Waals surface area (Å²) in [4.78, 5) is 32.9. The van der Waals surface area contributed by atoms with Crippen LogP contribution in [-0.2, 0) is 19.6 Å². The largest absolute Gasteiger partial charge is 0.497 e. The Labute approximate surface area is 215 Å². The van der Waals surface area contributed by atoms with E-state index < -0.39 is 0 Å². The molecule has 1 aliphatic rings. The normalized spacial score (nSPS) is 12.2. The van der Waals surface area contributed by atoms with Crippen LogP contribution < -0.4 is 19.7 Å². The minimum atomic E-state index is -0.351. The number of hydrogen-bond acceptors (Lipinski definition) is 8. The van der Waals surface area contributed by atoms with Crippen LogP contribution >= 0.6 is 0 Å². The van der Waals surface area contributed by atoms with Gasteiger partial charge in [0.05, 0.1) is 31.2 Å². The van der Waals surface area contributed by atoms with Crippen LogP contribution in [0, 0.1) is 13.8 Å². The first-order chi connectivity index (χ1) is 18.0. The van der Waals surface area contributed by atoms with Gasteiger partial charge in [-0.15, -0.1) is 0 Å². The molecule has 1 N–H and O–H groups in total. The SMILES string of the molecule is COc1ccc(COc2nc(N3CCc4cc(C)ccc43)ncc2C(=O)NCc2cnc(C)cn2)cc1. The van der Waals surface area contributed by atoms with Gasteiger partial charge in [0.2, 0.25) is 11.8 Å². The number of rotatable bonds is 8. The van der Waals surface area contributed by atoms with Gasteiger partial charge in [0, 0.05) is 24.6 Å². The van der Waals surface area contributed by atoms with E-state index in [1.807, 2.05) is 31.2 Å². The van der Waals surface area contributed by atoms with E-state index in [2.05, 4.69) is 50.3 Å². The lowest BCUT2D eigenvalue weighted by Crippen LogP contribution is -2.25. The van der Waals surface area contributed by atoms with Crippen LogP contribution in [0.15, 0.2) is 61.1 Å². The number of fused-ring (bicyclic) bond motifs is 1. The highest BCUT2D eigenvalue weighted by atomic mass is 16.5. The lowest BCUT2D eigenvalue weighted by atomic mass is 10.1. The van der Waals surface area contributed by atoms with E-state index in [0.29, 0.717) is 11.6 Å². The molecule has 37 heavy (non-hydrogen) atoms. The number of hydrogen-bond donors (Lipinski definition) is 1. The molecule has 0 saturated carbocycles. The van der Waals surface area contributed by atoms with E-state index in [1.165, 1.54) is 17.3 Å². The molecule has 9 nitrogen and oxygen atoms in total. The molecule has 188 valence electrons. The van der Waals surface area contributed by atoms with Gasteiger partial charge < -0.3 is 19.7 Å². The molecule has 0 spiro atoms. The summed E-state index contributed by atoms with van der Waals surface area (Å²) >= 11 is 0. The molecule has 2 aromatic carbocycles. The number of aryl methyl sites for hydroxylation is 2. The third-order valence-corrected chi connectivity index (χ3v) is 6.16. The van der Waals surface area contributed by atoms with Gasteiger partial charge in [-0.2, -0.15) is 4.98 Å². The van der Waals surface area contributed by atoms with E-state index >= 15 is 0 Å². The van der Waals surface area contributed by atoms with Crippen molar-refractivity contribution in [3.8, 4) is 11.6 Å². The fourth-order valence-corrected chi connectivity index (χ4v) is 4.14. The summed E-state index contributed by atoms with van der Waals surface area (Å²) in [5, 5.41) is 2.87. The van der Waals surface area contributed by atoms with Crippen LogP contribution in [-0.4, -0.2) is 39.5 Å². The summed E-state index contributed by atoms with van der Waals surface area (Å²) in [6.45, 7) is 5.17. The van der Waals surface area contributed by atoms with Gasteiger partial charge in [-0.05, 0) is 49.6 Å². The number of nitrogens with one attached hydrogen (secondary N) is 1. The van der Waals surface area contributed by atoms with Crippen molar-refractivity contribution in [3.05, 3.63) is 94.7 Å². The molecule has 0 unspecified atom stereocenters. The van der Waals surface area contributed by atoms with Gasteiger partial charge in [-0.25, -0.2) is 4.98 Å². The zero-order valence-corrected chi connectivity index (χ0v) is 21.1. The maximum absolute atomic E-state index is 13.1. The highest BCUT2D eigenvalue weighted by Crippen LogP contribution is 2.34. The minimum Gasteiger partial charge on any atom is -0.497 e. The van der Waals surface area contributed by atoms with Gasteiger partial charge in [0.1, 0.15) is 17.9 Å². The number of amides is 1. The van der Waals surface area contributed by atoms with Crippen LogP contribution in [0.5, 0.6) is 11.6 Å². The quantitative estimate of drug-likeness (QED) is 0.389. The number of ether oxygens (including phenoxy) is 2. The van der Waals surface area contributed by atoms with Crippen molar-refractivity contribution in [1.82, 2.24) is 25.3 Å². The number of aromatic nitrogens is 4. The number of carbonyl (C=O) groups is 1. The van der Waals surface area contributed by atoms with Crippen molar-refractivity contribution in [3.63, 3.8) is 0 Å². The van der Waals surface area contributed by atoms with Crippen LogP contribution in [0.4, 0.5) is 11.6 Å². The number of anilines is 2. The van der Waals surface area contributed by atoms with E-state index in [9.17, 15) is 4.79 Å². The maximum atomic E-state index is 13.1. The second kappa shape index (κ2) is 10.6. The highest BCUT2D eigenvalue weighted by Gasteiger charge is 2.25. The summed E-state index contributed by atoms with van der Waals surface area (Å²) < 4.78 is 11.3. The van der Waals surface area contributed by atoms with Crippen LogP contribution in [0.25, 0.3) is 0 Å². The second-order valence-corrected chi connectivity index (χ2v) is 8.89. The second-order valence-electron chi connectivity index (χ2n) is 8.89. The first-order valence-corrected chi connectivity index (χ1v) is 12.1. The van der Waals surface area contributed by atoms with E-state index in [0.717, 1.165) is 35.7 Å². The number of nitrogens with zero attached hydrogens (tertiary/aromatic N) is 5. The molecule has 4 aromatic rings. The number of methoxy groups -OCH3 is 1. The standard InChI is InChI=1S/C28H28N6O3/c1-18-4-9-25-21(12-18)10-11-34(25)28-32-16-24(26(35)31-15-22-14-29-19(2)13-30-22)27(33-28)37-17-20-5-7-23(36-3)8-6-20/h4-9,12-14,16H,10-11,15,17H2,1-3H3,(H,31,35). The van der Waals surface area contributed by atoms with Crippen LogP contribution in [0.3, 0.4) is 0 Å². The minimum absolute atomic E-state index is 0.217. The van der Waals surface area contributed by atoms with Gasteiger partial charge in [0.25, 0.3) is 5.91 Å². The first kappa shape index (κ1) is 24.2. The maximum Gasteiger partial charge on any atom is 0.258 e. The summed E-state index contributed by atoms with van der Waals surface area (Å²) in [5.74, 6) is 1.12. The fourth-order valence-electron chi connectivity index (χ4n) is 4.14. The Morgan fingerprint density at radius 2 is 1.86 bits per heavy atom. The van der Waals surface area contributed by atoms with E-state index in [1.54, 1.807) is 19.5 Å². The smallest absolute Gasteiger partial charge is 0.258 e. The lowest BCUT2D eigenvalue weighted by Gasteiger charge is -2.19. The van der Waals surface area contributed by atoms with Gasteiger partial charge in [0.15, 0.2) is 0 Å². The van der Waals surface area contributed by atoms with Gasteiger partial charge in [-0.1, -0.05) is 29.8 Å². The Morgan fingerprint density at radius 3 is 2.62 bits per heavy atom. The predicted octanol–water partition coefficient (Wildman–Crippen LogP) is 4.10. The highest BCUT2D eigenvalue weighted by molar-refractivity contribution is 5.96. The zero-order chi connectivity index (χ0) is 25.8. The zero-order valence-electron chi connectivity index (χ0n) is 21.1. The van der Waals surface area contributed by atoms with Crippen LogP contribution in [0.2, 0.25) is 0 Å². The molecule has 0 saturated heterocycles. The molecule has 0 atom stereocenters. The number of benzene rings is 2. The van der Waals surface area contributed by atoms with E-state index in [-0.39, 0.29) is 30.5 Å². The molecule has 2 aromatic heterocycles. The van der Waals surface area contributed by atoms with Crippen molar-refractivity contribution in [2.45, 2.75) is 33.4 Å². The average molecular weight is 497 g/mol. The molecule has 0 bridgehead atoms. The Morgan fingerprint density at radius 1 is 1.03 bits per heavy atom. The molecule has 1 aliphatic heterocycles. The average Bonchev–Trinajstić information content (AvgIpc) is 3.34.